The van der Waals surface area contributed by atoms with Crippen molar-refractivity contribution in [3.8, 4) is 5.75 Å². The van der Waals surface area contributed by atoms with Crippen LogP contribution in [0.15, 0.2) is 48.0 Å². The lowest BCUT2D eigenvalue weighted by Crippen LogP contribution is -2.35. The average Bonchev–Trinajstić information content (AvgIpc) is 3.01. The minimum atomic E-state index is -0.658. The molecule has 1 heterocycles. The Hall–Kier alpha value is -3.12. The third-order valence-electron chi connectivity index (χ3n) is 5.74. The zero-order chi connectivity index (χ0) is 24.3. The maximum atomic E-state index is 13.1. The first-order chi connectivity index (χ1) is 15.6. The number of carbonyl (C=O) groups is 2. The smallest absolute Gasteiger partial charge is 0.295 e. The van der Waals surface area contributed by atoms with Crippen LogP contribution in [-0.4, -0.2) is 60.4 Å². The molecule has 3 rings (SSSR count). The lowest BCUT2D eigenvalue weighted by atomic mass is 9.94. The van der Waals surface area contributed by atoms with Gasteiger partial charge in [-0.05, 0) is 63.2 Å². The van der Waals surface area contributed by atoms with Crippen LogP contribution in [0.5, 0.6) is 5.75 Å². The summed E-state index contributed by atoms with van der Waals surface area (Å²) in [6.45, 7) is 9.63. The molecule has 1 amide bonds. The Morgan fingerprint density at radius 2 is 1.76 bits per heavy atom. The number of Topliss-reactive ketones (excluding diaryl/α,β-unsaturated/α-hetero) is 1. The number of hydrogen-bond acceptors (Lipinski definition) is 5. The first kappa shape index (κ1) is 24.5. The number of hydrogen-bond donors (Lipinski definition) is 1. The highest BCUT2D eigenvalue weighted by Gasteiger charge is 2.45. The fraction of sp³-hybridized carbons (Fsp3) is 0.407. The van der Waals surface area contributed by atoms with E-state index >= 15 is 0 Å². The van der Waals surface area contributed by atoms with E-state index in [1.807, 2.05) is 57.1 Å². The van der Waals surface area contributed by atoms with Gasteiger partial charge in [0.2, 0.25) is 0 Å². The summed E-state index contributed by atoms with van der Waals surface area (Å²) in [5, 5.41) is 11.3. The van der Waals surface area contributed by atoms with Crippen LogP contribution in [0, 0.1) is 19.8 Å². The molecular weight excluding hydrogens is 416 g/mol. The van der Waals surface area contributed by atoms with Gasteiger partial charge in [0, 0.05) is 18.7 Å². The standard InChI is InChI=1S/C27H34N2O4/c1-17(2)16-33-22-12-11-21(15-19(22)4)25(30)23-24(20-9-7-18(3)8-10-20)29(14-13-28(5)6)27(32)26(23)31/h7-12,15,17,24,30H,13-14,16H2,1-6H3/b25-23+/t24-/m0/s1. The SMILES string of the molecule is Cc1ccc([C@H]2/C(=C(\O)c3ccc(OCC(C)C)c(C)c3)C(=O)C(=O)N2CCN(C)C)cc1. The highest BCUT2D eigenvalue weighted by Crippen LogP contribution is 2.39. The molecule has 2 aromatic carbocycles. The topological polar surface area (TPSA) is 70.1 Å². The minimum Gasteiger partial charge on any atom is -0.507 e. The molecular formula is C27H34N2O4. The first-order valence-electron chi connectivity index (χ1n) is 11.3. The predicted molar refractivity (Wildman–Crippen MR) is 130 cm³/mol. The molecule has 6 nitrogen and oxygen atoms in total. The van der Waals surface area contributed by atoms with E-state index in [0.29, 0.717) is 31.2 Å². The Bertz CT molecular complexity index is 1050. The lowest BCUT2D eigenvalue weighted by Gasteiger charge is -2.26. The summed E-state index contributed by atoms with van der Waals surface area (Å²) >= 11 is 0. The third kappa shape index (κ3) is 5.45. The van der Waals surface area contributed by atoms with Crippen molar-refractivity contribution in [1.29, 1.82) is 0 Å². The van der Waals surface area contributed by atoms with E-state index in [4.69, 9.17) is 4.74 Å². The van der Waals surface area contributed by atoms with Crippen LogP contribution < -0.4 is 4.74 Å². The second-order valence-corrected chi connectivity index (χ2v) is 9.39. The Morgan fingerprint density at radius 1 is 1.09 bits per heavy atom. The van der Waals surface area contributed by atoms with Crippen molar-refractivity contribution in [2.24, 2.45) is 5.92 Å². The number of benzene rings is 2. The quantitative estimate of drug-likeness (QED) is 0.368. The number of ether oxygens (including phenoxy) is 1. The van der Waals surface area contributed by atoms with Crippen molar-refractivity contribution in [3.63, 3.8) is 0 Å². The maximum Gasteiger partial charge on any atom is 0.295 e. The molecule has 176 valence electrons. The van der Waals surface area contributed by atoms with E-state index < -0.39 is 17.7 Å². The third-order valence-corrected chi connectivity index (χ3v) is 5.74. The van der Waals surface area contributed by atoms with Gasteiger partial charge >= 0.3 is 0 Å². The Kier molecular flexibility index (Phi) is 7.59. The van der Waals surface area contributed by atoms with Crippen molar-refractivity contribution in [3.05, 3.63) is 70.3 Å². The zero-order valence-corrected chi connectivity index (χ0v) is 20.4. The molecule has 6 heteroatoms. The molecule has 0 aliphatic carbocycles. The predicted octanol–water partition coefficient (Wildman–Crippen LogP) is 4.32. The largest absolute Gasteiger partial charge is 0.507 e. The minimum absolute atomic E-state index is 0.123. The summed E-state index contributed by atoms with van der Waals surface area (Å²) in [4.78, 5) is 29.6. The number of aryl methyl sites for hydroxylation is 2. The summed E-state index contributed by atoms with van der Waals surface area (Å²) in [5.41, 5.74) is 3.35. The van der Waals surface area contributed by atoms with Gasteiger partial charge in [-0.25, -0.2) is 0 Å². The summed E-state index contributed by atoms with van der Waals surface area (Å²) in [7, 11) is 3.84. The Labute approximate surface area is 196 Å². The van der Waals surface area contributed by atoms with Gasteiger partial charge in [-0.2, -0.15) is 0 Å². The van der Waals surface area contributed by atoms with Gasteiger partial charge in [-0.3, -0.25) is 9.59 Å². The van der Waals surface area contributed by atoms with E-state index in [1.165, 1.54) is 0 Å². The number of likely N-dealkylation sites (tertiary alicyclic amines) is 1. The lowest BCUT2D eigenvalue weighted by molar-refractivity contribution is -0.140. The van der Waals surface area contributed by atoms with Gasteiger partial charge in [0.05, 0.1) is 18.2 Å². The van der Waals surface area contributed by atoms with Gasteiger partial charge in [-0.1, -0.05) is 43.7 Å². The van der Waals surface area contributed by atoms with Crippen LogP contribution >= 0.6 is 0 Å². The van der Waals surface area contributed by atoms with Crippen molar-refractivity contribution in [1.82, 2.24) is 9.80 Å². The van der Waals surface area contributed by atoms with E-state index in [-0.39, 0.29) is 11.3 Å². The van der Waals surface area contributed by atoms with Crippen molar-refractivity contribution < 1.29 is 19.4 Å². The first-order valence-corrected chi connectivity index (χ1v) is 11.3. The molecule has 1 fully saturated rings. The molecule has 0 saturated carbocycles. The van der Waals surface area contributed by atoms with E-state index in [2.05, 4.69) is 13.8 Å². The van der Waals surface area contributed by atoms with Gasteiger partial charge in [0.25, 0.3) is 11.7 Å². The Morgan fingerprint density at radius 3 is 2.33 bits per heavy atom. The number of amides is 1. The van der Waals surface area contributed by atoms with E-state index in [1.54, 1.807) is 23.1 Å². The van der Waals surface area contributed by atoms with Crippen LogP contribution in [0.1, 0.15) is 42.1 Å². The second-order valence-electron chi connectivity index (χ2n) is 9.39. The number of carbonyl (C=O) groups excluding carboxylic acids is 2. The van der Waals surface area contributed by atoms with Crippen LogP contribution in [0.4, 0.5) is 0 Å². The van der Waals surface area contributed by atoms with Crippen LogP contribution in [0.2, 0.25) is 0 Å². The molecule has 0 aromatic heterocycles. The summed E-state index contributed by atoms with van der Waals surface area (Å²) in [6, 6.07) is 12.4. The molecule has 1 atom stereocenters. The molecule has 1 aliphatic heterocycles. The average molecular weight is 451 g/mol. The zero-order valence-electron chi connectivity index (χ0n) is 20.4. The monoisotopic (exact) mass is 450 g/mol. The van der Waals surface area contributed by atoms with Crippen LogP contribution in [0.3, 0.4) is 0 Å². The highest BCUT2D eigenvalue weighted by atomic mass is 16.5. The van der Waals surface area contributed by atoms with Gasteiger partial charge in [0.15, 0.2) is 0 Å². The molecule has 0 bridgehead atoms. The number of aliphatic hydroxyl groups is 1. The van der Waals surface area contributed by atoms with E-state index in [0.717, 1.165) is 22.4 Å². The normalized spacial score (nSPS) is 17.9. The van der Waals surface area contributed by atoms with Crippen LogP contribution in [-0.2, 0) is 9.59 Å². The highest BCUT2D eigenvalue weighted by molar-refractivity contribution is 6.46. The maximum absolute atomic E-state index is 13.1. The molecule has 0 radical (unpaired) electrons. The van der Waals surface area contributed by atoms with E-state index in [9.17, 15) is 14.7 Å². The summed E-state index contributed by atoms with van der Waals surface area (Å²) in [5.74, 6) is -0.274. The molecule has 1 N–H and O–H groups in total. The number of aliphatic hydroxyl groups excluding tert-OH is 1. The van der Waals surface area contributed by atoms with Crippen molar-refractivity contribution in [2.75, 3.05) is 33.8 Å². The fourth-order valence-corrected chi connectivity index (χ4v) is 3.88. The number of likely N-dealkylation sites (N-methyl/N-ethyl adjacent to an activating group) is 1. The Balaban J connectivity index is 2.06. The van der Waals surface area contributed by atoms with Crippen LogP contribution in [0.25, 0.3) is 5.76 Å². The van der Waals surface area contributed by atoms with Crippen molar-refractivity contribution >= 4 is 17.4 Å². The molecule has 1 saturated heterocycles. The number of nitrogens with zero attached hydrogens (tertiary/aromatic N) is 2. The molecule has 33 heavy (non-hydrogen) atoms. The van der Waals surface area contributed by atoms with Gasteiger partial charge < -0.3 is 19.6 Å². The molecule has 1 aliphatic rings. The molecule has 2 aromatic rings. The number of rotatable bonds is 8. The number of ketones is 1. The molecule has 0 unspecified atom stereocenters. The van der Waals surface area contributed by atoms with Gasteiger partial charge in [-0.15, -0.1) is 0 Å². The summed E-state index contributed by atoms with van der Waals surface area (Å²) in [6.07, 6.45) is 0. The van der Waals surface area contributed by atoms with Crippen molar-refractivity contribution in [2.45, 2.75) is 33.7 Å². The fourth-order valence-electron chi connectivity index (χ4n) is 3.88. The summed E-state index contributed by atoms with van der Waals surface area (Å²) < 4.78 is 5.84. The second kappa shape index (κ2) is 10.2. The molecule has 0 spiro atoms. The van der Waals surface area contributed by atoms with Gasteiger partial charge in [0.1, 0.15) is 11.5 Å².